The van der Waals surface area contributed by atoms with Gasteiger partial charge in [0.1, 0.15) is 42.4 Å². The first kappa shape index (κ1) is 52.8. The van der Waals surface area contributed by atoms with Crippen molar-refractivity contribution in [2.75, 3.05) is 37.8 Å². The summed E-state index contributed by atoms with van der Waals surface area (Å²) < 4.78 is 75.0. The fourth-order valence-electron chi connectivity index (χ4n) is 5.73. The number of phosphoric acid groups is 3. The number of thioether (sulfide) groups is 1. The highest BCUT2D eigenvalue weighted by Crippen LogP contribution is 2.56. The highest BCUT2D eigenvalue weighted by Gasteiger charge is 2.47. The number of fused-ring (bicyclic) bond motifs is 1. The minimum absolute atomic E-state index is 0.0276. The van der Waals surface area contributed by atoms with Crippen LogP contribution in [0.15, 0.2) is 12.7 Å². The average Bonchev–Trinajstić information content (AvgIpc) is 3.73. The van der Waals surface area contributed by atoms with Gasteiger partial charge >= 0.3 is 0 Å². The lowest BCUT2D eigenvalue weighted by Gasteiger charge is -2.36. The fraction of sp³-hybridized carbons (Fsp3) is 0.750. The van der Waals surface area contributed by atoms with E-state index in [1.807, 2.05) is 0 Å². The predicted molar refractivity (Wildman–Crippen MR) is 206 cm³/mol. The van der Waals surface area contributed by atoms with Crippen molar-refractivity contribution in [3.8, 4) is 0 Å². The number of aliphatic hydroxyl groups is 2. The lowest BCUT2D eigenvalue weighted by molar-refractivity contribution is -0.347. The second-order valence-corrected chi connectivity index (χ2v) is 19.8. The largest absolute Gasteiger partial charge is 0.790 e. The number of hydrogen-bond donors (Lipinski definition) is 5. The van der Waals surface area contributed by atoms with E-state index in [4.69, 9.17) is 10.5 Å². The molecule has 0 saturated carbocycles. The van der Waals surface area contributed by atoms with E-state index >= 15 is 0 Å². The minimum Gasteiger partial charge on any atom is -0.790 e. The summed E-state index contributed by atoms with van der Waals surface area (Å²) >= 11 is 0.902. The molecule has 0 bridgehead atoms. The smallest absolute Gasteiger partial charge is 0.274 e. The molecule has 1 fully saturated rings. The van der Waals surface area contributed by atoms with Crippen LogP contribution < -0.4 is 35.9 Å². The molecule has 2 amide bonds. The molecule has 24 nitrogen and oxygen atoms in total. The van der Waals surface area contributed by atoms with Crippen LogP contribution in [-0.4, -0.2) is 109 Å². The number of ether oxygens (including phenoxy) is 1. The molecular formula is C32H51FN7O17P3S-4. The molecule has 0 spiro atoms. The van der Waals surface area contributed by atoms with E-state index in [2.05, 4.69) is 50.4 Å². The van der Waals surface area contributed by atoms with Gasteiger partial charge in [-0.05, 0) is 6.42 Å². The van der Waals surface area contributed by atoms with E-state index in [0.29, 0.717) is 12.8 Å². The second-order valence-electron chi connectivity index (χ2n) is 14.7. The van der Waals surface area contributed by atoms with Crippen molar-refractivity contribution in [1.82, 2.24) is 30.2 Å². The number of aromatic nitrogens is 4. The summed E-state index contributed by atoms with van der Waals surface area (Å²) in [6, 6.07) is 0. The normalized spacial score (nSPS) is 22.0. The van der Waals surface area contributed by atoms with E-state index in [-0.39, 0.29) is 47.4 Å². The van der Waals surface area contributed by atoms with E-state index in [0.717, 1.165) is 54.7 Å². The van der Waals surface area contributed by atoms with Gasteiger partial charge in [0.15, 0.2) is 22.8 Å². The molecule has 0 aromatic carbocycles. The number of nitrogens with zero attached hydrogens (tertiary/aromatic N) is 4. The summed E-state index contributed by atoms with van der Waals surface area (Å²) in [4.78, 5) is 96.7. The second kappa shape index (κ2) is 23.4. The van der Waals surface area contributed by atoms with Crippen LogP contribution in [0.3, 0.4) is 0 Å². The van der Waals surface area contributed by atoms with E-state index < -0.39 is 96.6 Å². The first-order chi connectivity index (χ1) is 28.4. The molecule has 6 N–H and O–H groups in total. The Hall–Kier alpha value is -2.51. The van der Waals surface area contributed by atoms with Gasteiger partial charge in [0.2, 0.25) is 11.8 Å². The maximum absolute atomic E-state index is 14.4. The van der Waals surface area contributed by atoms with Crippen LogP contribution in [-0.2, 0) is 50.7 Å². The van der Waals surface area contributed by atoms with Gasteiger partial charge in [-0.1, -0.05) is 71.6 Å². The van der Waals surface area contributed by atoms with Gasteiger partial charge < -0.3 is 69.0 Å². The summed E-state index contributed by atoms with van der Waals surface area (Å²) in [6.07, 6.45) is -3.85. The molecule has 2 aromatic rings. The summed E-state index contributed by atoms with van der Waals surface area (Å²) in [6.45, 7) is 3.51. The molecule has 0 aliphatic carbocycles. The third-order valence-electron chi connectivity index (χ3n) is 9.22. The number of alkyl halides is 1. The Kier molecular flexibility index (Phi) is 20.3. The summed E-state index contributed by atoms with van der Waals surface area (Å²) in [5.74, 6) is -2.23. The Labute approximate surface area is 354 Å². The van der Waals surface area contributed by atoms with Gasteiger partial charge in [-0.25, -0.2) is 23.7 Å². The molecule has 29 heteroatoms. The highest BCUT2D eigenvalue weighted by molar-refractivity contribution is 8.13. The summed E-state index contributed by atoms with van der Waals surface area (Å²) in [5, 5.41) is 25.9. The molecule has 348 valence electrons. The number of rotatable bonds is 27. The van der Waals surface area contributed by atoms with Crippen molar-refractivity contribution in [3.05, 3.63) is 12.7 Å². The van der Waals surface area contributed by atoms with Gasteiger partial charge in [-0.2, -0.15) is 0 Å². The molecule has 1 aliphatic heterocycles. The lowest BCUT2D eigenvalue weighted by Crippen LogP contribution is -2.46. The third-order valence-corrected chi connectivity index (χ3v) is 13.3. The Balaban J connectivity index is 1.43. The van der Waals surface area contributed by atoms with Gasteiger partial charge in [-0.15, -0.1) is 0 Å². The van der Waals surface area contributed by atoms with Crippen LogP contribution >= 0.6 is 35.2 Å². The molecule has 9 atom stereocenters. The number of imidazole rings is 1. The molecule has 1 aliphatic rings. The molecule has 2 aromatic heterocycles. The van der Waals surface area contributed by atoms with Crippen molar-refractivity contribution in [2.24, 2.45) is 11.3 Å². The SMILES string of the molecule is CCCCCCC[C@@H](F)[C@@H](C)C(=O)SCCNC(=O)CCNC(=O)C(O)C(C)(C)COP(=O)([O-])OP(=O)([O-])OCC1OC(n2cnc3c(N)ncnc32)C(O)C1OP(=O)([O-])[O-]. The third kappa shape index (κ3) is 16.9. The van der Waals surface area contributed by atoms with Crippen LogP contribution in [0.4, 0.5) is 10.2 Å². The topological polar surface area (TPSA) is 375 Å². The number of carbonyl (C=O) groups is 3. The first-order valence-electron chi connectivity index (χ1n) is 19.0. The number of aliphatic hydroxyl groups excluding tert-OH is 2. The van der Waals surface area contributed by atoms with Gasteiger partial charge in [0, 0.05) is 30.7 Å². The number of halogens is 1. The van der Waals surface area contributed by atoms with Crippen molar-refractivity contribution in [1.29, 1.82) is 0 Å². The number of nitrogen functional groups attached to an aromatic ring is 1. The van der Waals surface area contributed by atoms with Crippen LogP contribution in [0.25, 0.3) is 11.2 Å². The van der Waals surface area contributed by atoms with Crippen molar-refractivity contribution in [2.45, 2.75) is 109 Å². The zero-order chi connectivity index (χ0) is 45.8. The van der Waals surface area contributed by atoms with Crippen LogP contribution in [0.1, 0.15) is 78.9 Å². The number of anilines is 1. The predicted octanol–water partition coefficient (Wildman–Crippen LogP) is -0.529. The first-order valence-corrected chi connectivity index (χ1v) is 24.4. The molecule has 3 rings (SSSR count). The Morgan fingerprint density at radius 2 is 1.72 bits per heavy atom. The van der Waals surface area contributed by atoms with Crippen LogP contribution in [0, 0.1) is 11.3 Å². The average molecular weight is 950 g/mol. The van der Waals surface area contributed by atoms with E-state index in [1.54, 1.807) is 0 Å². The summed E-state index contributed by atoms with van der Waals surface area (Å²) in [5.41, 5.74) is 4.03. The number of hydrogen-bond acceptors (Lipinski definition) is 22. The van der Waals surface area contributed by atoms with Crippen molar-refractivity contribution in [3.63, 3.8) is 0 Å². The van der Waals surface area contributed by atoms with Gasteiger partial charge in [-0.3, -0.25) is 28.1 Å². The monoisotopic (exact) mass is 949 g/mol. The van der Waals surface area contributed by atoms with Crippen LogP contribution in [0.2, 0.25) is 0 Å². The fourth-order valence-corrected chi connectivity index (χ4v) is 9.28. The Morgan fingerprint density at radius 1 is 1.05 bits per heavy atom. The van der Waals surface area contributed by atoms with Crippen molar-refractivity contribution >= 4 is 69.1 Å². The number of nitrogens with two attached hydrogens (primary N) is 1. The molecule has 1 saturated heterocycles. The molecule has 61 heavy (non-hydrogen) atoms. The van der Waals surface area contributed by atoms with Gasteiger partial charge in [0.25, 0.3) is 15.6 Å². The Bertz CT molecular complexity index is 1930. The van der Waals surface area contributed by atoms with Crippen LogP contribution in [0.5, 0.6) is 0 Å². The molecule has 3 heterocycles. The number of unbranched alkanes of at least 4 members (excludes halogenated alkanes) is 4. The summed E-state index contributed by atoms with van der Waals surface area (Å²) in [7, 11) is -17.6. The van der Waals surface area contributed by atoms with E-state index in [9.17, 15) is 62.3 Å². The standard InChI is InChI=1S/C32H55FN7O17P3S/c1-5-6-7-8-9-10-20(33)19(2)31(45)61-14-13-35-22(41)11-12-36-29(44)26(43)32(3,4)16-54-60(51,52)57-59(49,50)53-15-21-25(56-58(46,47)48)24(42)30(55-21)40-18-39-23-27(34)37-17-38-28(23)40/h17-21,24-26,30,42-43H,5-16H2,1-4H3,(H,35,41)(H,36,44)(H,49,50)(H,51,52)(H2,34,37,38)(H2,46,47,48)/p-4/t19-,20-,21?,24?,25?,26?,30?/m1/s1. The number of amides is 2. The maximum Gasteiger partial charge on any atom is 0.274 e. The minimum atomic E-state index is -5.93. The quantitative estimate of drug-likeness (QED) is 0.0555. The number of phosphoric ester groups is 3. The Morgan fingerprint density at radius 3 is 2.39 bits per heavy atom. The highest BCUT2D eigenvalue weighted by atomic mass is 32.2. The molecular weight excluding hydrogens is 898 g/mol. The zero-order valence-corrected chi connectivity index (χ0v) is 37.2. The zero-order valence-electron chi connectivity index (χ0n) is 33.7. The number of carbonyl (C=O) groups excluding carboxylic acids is 3. The number of nitrogens with one attached hydrogen (secondary N) is 2. The molecule has 7 unspecified atom stereocenters. The lowest BCUT2D eigenvalue weighted by atomic mass is 9.87. The van der Waals surface area contributed by atoms with Crippen molar-refractivity contribution < 1.29 is 84.9 Å². The maximum atomic E-state index is 14.4. The molecule has 0 radical (unpaired) electrons. The van der Waals surface area contributed by atoms with Gasteiger partial charge in [0.05, 0.1) is 33.3 Å². The van der Waals surface area contributed by atoms with E-state index in [1.165, 1.54) is 20.8 Å².